The van der Waals surface area contributed by atoms with Gasteiger partial charge in [-0.3, -0.25) is 4.79 Å². The smallest absolute Gasteiger partial charge is 0.257 e. The Balaban J connectivity index is 2.38. The Morgan fingerprint density at radius 1 is 1.40 bits per heavy atom. The first kappa shape index (κ1) is 14.9. The first-order valence-electron chi connectivity index (χ1n) is 7.24. The first-order valence-corrected chi connectivity index (χ1v) is 7.24. The Kier molecular flexibility index (Phi) is 4.65. The van der Waals surface area contributed by atoms with Gasteiger partial charge in [0.05, 0.1) is 25.3 Å². The highest BCUT2D eigenvalue weighted by molar-refractivity contribution is 5.97. The van der Waals surface area contributed by atoms with Crippen LogP contribution in [0.4, 0.5) is 0 Å². The minimum Gasteiger partial charge on any atom is -0.496 e. The van der Waals surface area contributed by atoms with Gasteiger partial charge >= 0.3 is 0 Å². The molecule has 110 valence electrons. The van der Waals surface area contributed by atoms with Crippen LogP contribution in [0.25, 0.3) is 0 Å². The van der Waals surface area contributed by atoms with E-state index < -0.39 is 0 Å². The lowest BCUT2D eigenvalue weighted by Crippen LogP contribution is -2.40. The Bertz CT molecular complexity index is 499. The average Bonchev–Trinajstić information content (AvgIpc) is 2.93. The van der Waals surface area contributed by atoms with Crippen LogP contribution in [-0.4, -0.2) is 42.2 Å². The van der Waals surface area contributed by atoms with Gasteiger partial charge in [0, 0.05) is 6.54 Å². The molecular formula is C16H23NO3. The minimum atomic E-state index is -0.189. The van der Waals surface area contributed by atoms with Crippen LogP contribution in [0.2, 0.25) is 0 Å². The molecule has 0 saturated heterocycles. The summed E-state index contributed by atoms with van der Waals surface area (Å²) in [6, 6.07) is 3.77. The highest BCUT2D eigenvalue weighted by Gasteiger charge is 2.25. The molecule has 0 radical (unpaired) electrons. The van der Waals surface area contributed by atoms with E-state index >= 15 is 0 Å². The maximum Gasteiger partial charge on any atom is 0.257 e. The lowest BCUT2D eigenvalue weighted by molar-refractivity contribution is 0.0629. The molecule has 0 unspecified atom stereocenters. The van der Waals surface area contributed by atoms with E-state index in [9.17, 15) is 9.90 Å². The van der Waals surface area contributed by atoms with E-state index in [-0.39, 0.29) is 18.6 Å². The lowest BCUT2D eigenvalue weighted by atomic mass is 10.0. The number of carbonyl (C=O) groups excluding carboxylic acids is 1. The van der Waals surface area contributed by atoms with Crippen molar-refractivity contribution in [3.05, 3.63) is 28.8 Å². The topological polar surface area (TPSA) is 49.8 Å². The monoisotopic (exact) mass is 277 g/mol. The lowest BCUT2D eigenvalue weighted by Gasteiger charge is -2.27. The van der Waals surface area contributed by atoms with Crippen LogP contribution in [0.1, 0.15) is 41.8 Å². The Morgan fingerprint density at radius 3 is 2.60 bits per heavy atom. The highest BCUT2D eigenvalue weighted by atomic mass is 16.5. The summed E-state index contributed by atoms with van der Waals surface area (Å²) in [4.78, 5) is 14.4. The minimum absolute atomic E-state index is 0.0349. The van der Waals surface area contributed by atoms with Gasteiger partial charge in [0.2, 0.25) is 0 Å². The predicted molar refractivity (Wildman–Crippen MR) is 78.3 cm³/mol. The zero-order valence-electron chi connectivity index (χ0n) is 12.5. The molecule has 1 amide bonds. The zero-order valence-corrected chi connectivity index (χ0v) is 12.5. The molecule has 0 bridgehead atoms. The molecule has 1 aliphatic carbocycles. The van der Waals surface area contributed by atoms with E-state index in [1.807, 2.05) is 26.0 Å². The summed E-state index contributed by atoms with van der Waals surface area (Å²) in [6.45, 7) is 4.30. The quantitative estimate of drug-likeness (QED) is 0.896. The number of ether oxygens (including phenoxy) is 1. The number of aliphatic hydroxyl groups excluding tert-OH is 1. The molecule has 0 heterocycles. The summed E-state index contributed by atoms with van der Waals surface area (Å²) in [5, 5.41) is 9.29. The number of hydrogen-bond acceptors (Lipinski definition) is 3. The molecule has 0 spiro atoms. The fourth-order valence-corrected chi connectivity index (χ4v) is 2.85. The molecule has 1 aromatic carbocycles. The number of rotatable bonds is 5. The van der Waals surface area contributed by atoms with Gasteiger partial charge < -0.3 is 14.7 Å². The predicted octanol–water partition coefficient (Wildman–Crippen LogP) is 2.03. The zero-order chi connectivity index (χ0) is 14.7. The average molecular weight is 277 g/mol. The van der Waals surface area contributed by atoms with E-state index in [0.29, 0.717) is 17.9 Å². The van der Waals surface area contributed by atoms with Crippen molar-refractivity contribution in [2.45, 2.75) is 39.2 Å². The molecule has 0 saturated carbocycles. The van der Waals surface area contributed by atoms with Crippen LogP contribution in [-0.2, 0) is 12.8 Å². The molecule has 1 atom stereocenters. The van der Waals surface area contributed by atoms with Crippen molar-refractivity contribution in [1.29, 1.82) is 0 Å². The van der Waals surface area contributed by atoms with Crippen molar-refractivity contribution in [3.63, 3.8) is 0 Å². The fraction of sp³-hybridized carbons (Fsp3) is 0.562. The van der Waals surface area contributed by atoms with Gasteiger partial charge in [-0.15, -0.1) is 0 Å². The second kappa shape index (κ2) is 6.27. The number of aliphatic hydroxyl groups is 1. The molecule has 1 aliphatic rings. The summed E-state index contributed by atoms with van der Waals surface area (Å²) >= 11 is 0. The summed E-state index contributed by atoms with van der Waals surface area (Å²) in [6.07, 6.45) is 3.23. The van der Waals surface area contributed by atoms with Crippen LogP contribution in [0, 0.1) is 0 Å². The van der Waals surface area contributed by atoms with Crippen molar-refractivity contribution < 1.29 is 14.6 Å². The number of aryl methyl sites for hydroxylation is 2. The SMILES string of the molecule is CCN(C(=O)c1cc2c(cc1OC)CCC2)[C@H](C)CO. The van der Waals surface area contributed by atoms with Crippen LogP contribution >= 0.6 is 0 Å². The van der Waals surface area contributed by atoms with Gasteiger partial charge in [-0.05, 0) is 56.4 Å². The third-order valence-corrected chi connectivity index (χ3v) is 4.04. The molecule has 0 aliphatic heterocycles. The first-order chi connectivity index (χ1) is 9.62. The number of nitrogens with zero attached hydrogens (tertiary/aromatic N) is 1. The molecule has 0 aromatic heterocycles. The van der Waals surface area contributed by atoms with Crippen LogP contribution in [0.5, 0.6) is 5.75 Å². The number of carbonyl (C=O) groups is 1. The highest BCUT2D eigenvalue weighted by Crippen LogP contribution is 2.30. The molecule has 20 heavy (non-hydrogen) atoms. The van der Waals surface area contributed by atoms with Crippen molar-refractivity contribution in [1.82, 2.24) is 4.90 Å². The number of fused-ring (bicyclic) bond motifs is 1. The summed E-state index contributed by atoms with van der Waals surface area (Å²) in [5.74, 6) is 0.569. The summed E-state index contributed by atoms with van der Waals surface area (Å²) in [7, 11) is 1.60. The maximum atomic E-state index is 12.7. The van der Waals surface area contributed by atoms with Gasteiger partial charge in [0.25, 0.3) is 5.91 Å². The van der Waals surface area contributed by atoms with Gasteiger partial charge in [-0.1, -0.05) is 0 Å². The van der Waals surface area contributed by atoms with E-state index in [1.165, 1.54) is 11.1 Å². The number of likely N-dealkylation sites (N-methyl/N-ethyl adjacent to an activating group) is 1. The molecule has 0 fully saturated rings. The van der Waals surface area contributed by atoms with Crippen LogP contribution in [0.3, 0.4) is 0 Å². The number of hydrogen-bond donors (Lipinski definition) is 1. The van der Waals surface area contributed by atoms with E-state index in [1.54, 1.807) is 12.0 Å². The van der Waals surface area contributed by atoms with Gasteiger partial charge in [0.1, 0.15) is 5.75 Å². The third-order valence-electron chi connectivity index (χ3n) is 4.04. The van der Waals surface area contributed by atoms with Gasteiger partial charge in [0.15, 0.2) is 0 Å². The van der Waals surface area contributed by atoms with Crippen molar-refractivity contribution in [2.24, 2.45) is 0 Å². The Labute approximate surface area is 120 Å². The van der Waals surface area contributed by atoms with Crippen molar-refractivity contribution >= 4 is 5.91 Å². The number of amides is 1. The summed E-state index contributed by atoms with van der Waals surface area (Å²) in [5.41, 5.74) is 3.15. The number of methoxy groups -OCH3 is 1. The summed E-state index contributed by atoms with van der Waals surface area (Å²) < 4.78 is 5.39. The second-order valence-electron chi connectivity index (χ2n) is 5.30. The third kappa shape index (κ3) is 2.66. The second-order valence-corrected chi connectivity index (χ2v) is 5.30. The van der Waals surface area contributed by atoms with E-state index in [0.717, 1.165) is 19.3 Å². The number of benzene rings is 1. The molecule has 4 nitrogen and oxygen atoms in total. The molecular weight excluding hydrogens is 254 g/mol. The molecule has 2 rings (SSSR count). The van der Waals surface area contributed by atoms with Crippen LogP contribution < -0.4 is 4.74 Å². The Hall–Kier alpha value is -1.55. The standard InChI is InChI=1S/C16H23NO3/c1-4-17(11(2)10-18)16(19)14-8-12-6-5-7-13(12)9-15(14)20-3/h8-9,11,18H,4-7,10H2,1-3H3/t11-/m1/s1. The maximum absolute atomic E-state index is 12.7. The van der Waals surface area contributed by atoms with Gasteiger partial charge in [-0.25, -0.2) is 0 Å². The Morgan fingerprint density at radius 2 is 2.05 bits per heavy atom. The largest absolute Gasteiger partial charge is 0.496 e. The van der Waals surface area contributed by atoms with E-state index in [4.69, 9.17) is 4.74 Å². The van der Waals surface area contributed by atoms with Crippen molar-refractivity contribution in [2.75, 3.05) is 20.3 Å². The molecule has 1 aromatic rings. The normalized spacial score (nSPS) is 14.8. The van der Waals surface area contributed by atoms with Crippen LogP contribution in [0.15, 0.2) is 12.1 Å². The van der Waals surface area contributed by atoms with Crippen molar-refractivity contribution in [3.8, 4) is 5.75 Å². The molecule has 1 N–H and O–H groups in total. The van der Waals surface area contributed by atoms with E-state index in [2.05, 4.69) is 0 Å². The van der Waals surface area contributed by atoms with Gasteiger partial charge in [-0.2, -0.15) is 0 Å². The fourth-order valence-electron chi connectivity index (χ4n) is 2.85. The molecule has 4 heteroatoms.